The van der Waals surface area contributed by atoms with Gasteiger partial charge in [0, 0.05) is 18.0 Å². The Hall–Kier alpha value is -2.19. The van der Waals surface area contributed by atoms with E-state index in [9.17, 15) is 18.0 Å². The zero-order chi connectivity index (χ0) is 19.1. The molecule has 0 unspecified atom stereocenters. The Bertz CT molecular complexity index is 722. The molecular formula is C17H25N3O4S. The summed E-state index contributed by atoms with van der Waals surface area (Å²) in [6.07, 6.45) is 1.46. The van der Waals surface area contributed by atoms with E-state index < -0.39 is 21.5 Å². The largest absolute Gasteiger partial charge is 0.350 e. The lowest BCUT2D eigenvalue weighted by atomic mass is 10.1. The van der Waals surface area contributed by atoms with E-state index >= 15 is 0 Å². The highest BCUT2D eigenvalue weighted by molar-refractivity contribution is 7.92. The van der Waals surface area contributed by atoms with Gasteiger partial charge in [-0.1, -0.05) is 30.3 Å². The molecule has 2 amide bonds. The molecule has 0 aliphatic carbocycles. The minimum Gasteiger partial charge on any atom is -0.350 e. The first kappa shape index (κ1) is 20.9. The molecule has 0 saturated heterocycles. The quantitative estimate of drug-likeness (QED) is 0.750. The lowest BCUT2D eigenvalue weighted by Crippen LogP contribution is -2.47. The lowest BCUT2D eigenvalue weighted by Gasteiger charge is -2.20. The molecular weight excluding hydrogens is 342 g/mol. The van der Waals surface area contributed by atoms with Crippen LogP contribution in [0.5, 0.6) is 0 Å². The fourth-order valence-electron chi connectivity index (χ4n) is 1.82. The Balaban J connectivity index is 2.53. The van der Waals surface area contributed by atoms with Gasteiger partial charge in [0.2, 0.25) is 21.8 Å². The number of hydrogen-bond donors (Lipinski definition) is 2. The second-order valence-electron chi connectivity index (χ2n) is 6.59. The summed E-state index contributed by atoms with van der Waals surface area (Å²) in [6, 6.07) is 8.97. The van der Waals surface area contributed by atoms with E-state index in [1.807, 2.05) is 26.8 Å². The van der Waals surface area contributed by atoms with Crippen LogP contribution in [-0.2, 0) is 19.6 Å². The van der Waals surface area contributed by atoms with Gasteiger partial charge in [0.25, 0.3) is 0 Å². The van der Waals surface area contributed by atoms with Crippen LogP contribution in [0.3, 0.4) is 0 Å². The number of amides is 2. The molecule has 0 heterocycles. The first-order chi connectivity index (χ1) is 11.5. The van der Waals surface area contributed by atoms with Crippen LogP contribution >= 0.6 is 0 Å². The predicted octanol–water partition coefficient (Wildman–Crippen LogP) is 0.950. The fraction of sp³-hybridized carbons (Fsp3) is 0.412. The average molecular weight is 367 g/mol. The number of rotatable bonds is 7. The zero-order valence-electron chi connectivity index (χ0n) is 14.9. The van der Waals surface area contributed by atoms with E-state index in [0.29, 0.717) is 0 Å². The van der Waals surface area contributed by atoms with Crippen molar-refractivity contribution in [1.82, 2.24) is 14.9 Å². The first-order valence-electron chi connectivity index (χ1n) is 7.77. The Labute approximate surface area is 149 Å². The highest BCUT2D eigenvalue weighted by Crippen LogP contribution is 2.06. The van der Waals surface area contributed by atoms with Gasteiger partial charge in [0.1, 0.15) is 0 Å². The second kappa shape index (κ2) is 8.77. The van der Waals surface area contributed by atoms with Crippen LogP contribution in [0.4, 0.5) is 0 Å². The second-order valence-corrected chi connectivity index (χ2v) is 8.51. The van der Waals surface area contributed by atoms with Crippen molar-refractivity contribution in [2.24, 2.45) is 0 Å². The number of nitrogens with one attached hydrogen (secondary N) is 2. The van der Waals surface area contributed by atoms with Crippen molar-refractivity contribution in [3.8, 4) is 0 Å². The third kappa shape index (κ3) is 8.46. The molecule has 25 heavy (non-hydrogen) atoms. The summed E-state index contributed by atoms with van der Waals surface area (Å²) < 4.78 is 25.2. The van der Waals surface area contributed by atoms with Gasteiger partial charge in [-0.2, -0.15) is 4.31 Å². The highest BCUT2D eigenvalue weighted by atomic mass is 32.2. The first-order valence-corrected chi connectivity index (χ1v) is 9.27. The lowest BCUT2D eigenvalue weighted by molar-refractivity contribution is -0.126. The number of hydrogen-bond acceptors (Lipinski definition) is 4. The minimum atomic E-state index is -3.73. The molecule has 0 aliphatic rings. The maximum Gasteiger partial charge on any atom is 0.239 e. The summed E-state index contributed by atoms with van der Waals surface area (Å²) in [5, 5.41) is 6.14. The van der Waals surface area contributed by atoms with Crippen molar-refractivity contribution in [3.63, 3.8) is 0 Å². The van der Waals surface area contributed by atoms with Crippen molar-refractivity contribution in [2.45, 2.75) is 26.3 Å². The Morgan fingerprint density at radius 3 is 2.28 bits per heavy atom. The maximum atomic E-state index is 12.1. The Morgan fingerprint density at radius 2 is 1.72 bits per heavy atom. The topological polar surface area (TPSA) is 95.6 Å². The number of carbonyl (C=O) groups is 2. The van der Waals surface area contributed by atoms with Crippen LogP contribution in [0, 0.1) is 0 Å². The molecule has 0 atom stereocenters. The molecule has 0 bridgehead atoms. The molecule has 0 aliphatic heterocycles. The molecule has 1 rings (SSSR count). The summed E-state index contributed by atoms with van der Waals surface area (Å²) in [4.78, 5) is 23.5. The van der Waals surface area contributed by atoms with Crippen molar-refractivity contribution < 1.29 is 18.0 Å². The molecule has 0 spiro atoms. The van der Waals surface area contributed by atoms with E-state index in [-0.39, 0.29) is 19.0 Å². The summed E-state index contributed by atoms with van der Waals surface area (Å²) in [5.74, 6) is -0.890. The Kier molecular flexibility index (Phi) is 7.32. The van der Waals surface area contributed by atoms with Gasteiger partial charge in [-0.15, -0.1) is 0 Å². The SMILES string of the molecule is CN(CC(=O)NCC(=O)NC(C)(C)C)S(=O)(=O)/C=C/c1ccccc1. The summed E-state index contributed by atoms with van der Waals surface area (Å²) in [5.41, 5.74) is 0.340. The van der Waals surface area contributed by atoms with Crippen LogP contribution in [0.1, 0.15) is 26.3 Å². The fourth-order valence-corrected chi connectivity index (χ4v) is 2.66. The van der Waals surface area contributed by atoms with E-state index in [1.165, 1.54) is 13.1 Å². The number of sulfonamides is 1. The molecule has 0 radical (unpaired) electrons. The van der Waals surface area contributed by atoms with Crippen LogP contribution in [0.2, 0.25) is 0 Å². The molecule has 1 aromatic rings. The van der Waals surface area contributed by atoms with Gasteiger partial charge < -0.3 is 10.6 Å². The number of carbonyl (C=O) groups excluding carboxylic acids is 2. The molecule has 7 nitrogen and oxygen atoms in total. The van der Waals surface area contributed by atoms with Crippen LogP contribution in [0.15, 0.2) is 35.7 Å². The van der Waals surface area contributed by atoms with Gasteiger partial charge in [-0.05, 0) is 32.4 Å². The van der Waals surface area contributed by atoms with E-state index in [1.54, 1.807) is 24.3 Å². The Morgan fingerprint density at radius 1 is 1.12 bits per heavy atom. The van der Waals surface area contributed by atoms with Gasteiger partial charge in [-0.3, -0.25) is 9.59 Å². The summed E-state index contributed by atoms with van der Waals surface area (Å²) in [6.45, 7) is 4.90. The summed E-state index contributed by atoms with van der Waals surface area (Å²) in [7, 11) is -2.42. The van der Waals surface area contributed by atoms with Crippen LogP contribution in [-0.4, -0.2) is 50.2 Å². The number of likely N-dealkylation sites (N-methyl/N-ethyl adjacent to an activating group) is 1. The molecule has 0 fully saturated rings. The highest BCUT2D eigenvalue weighted by Gasteiger charge is 2.19. The molecule has 138 valence electrons. The van der Waals surface area contributed by atoms with Crippen LogP contribution < -0.4 is 10.6 Å². The minimum absolute atomic E-state index is 0.205. The third-order valence-electron chi connectivity index (χ3n) is 2.99. The van der Waals surface area contributed by atoms with Gasteiger partial charge in [0.15, 0.2) is 0 Å². The van der Waals surface area contributed by atoms with Gasteiger partial charge >= 0.3 is 0 Å². The van der Waals surface area contributed by atoms with Crippen molar-refractivity contribution >= 4 is 27.9 Å². The number of nitrogens with zero attached hydrogens (tertiary/aromatic N) is 1. The van der Waals surface area contributed by atoms with E-state index in [4.69, 9.17) is 0 Å². The van der Waals surface area contributed by atoms with E-state index in [2.05, 4.69) is 10.6 Å². The third-order valence-corrected chi connectivity index (χ3v) is 4.47. The predicted molar refractivity (Wildman–Crippen MR) is 97.9 cm³/mol. The zero-order valence-corrected chi connectivity index (χ0v) is 15.8. The van der Waals surface area contributed by atoms with E-state index in [0.717, 1.165) is 15.3 Å². The summed E-state index contributed by atoms with van der Waals surface area (Å²) >= 11 is 0. The molecule has 8 heteroatoms. The van der Waals surface area contributed by atoms with Crippen LogP contribution in [0.25, 0.3) is 6.08 Å². The van der Waals surface area contributed by atoms with Crippen molar-refractivity contribution in [2.75, 3.05) is 20.1 Å². The average Bonchev–Trinajstić information content (AvgIpc) is 2.50. The standard InChI is InChI=1S/C17H25N3O4S/c1-17(2,3)19-15(21)12-18-16(22)13-20(4)25(23,24)11-10-14-8-6-5-7-9-14/h5-11H,12-13H2,1-4H3,(H,18,22)(H,19,21)/b11-10+. The monoisotopic (exact) mass is 367 g/mol. The van der Waals surface area contributed by atoms with Gasteiger partial charge in [-0.25, -0.2) is 8.42 Å². The molecule has 2 N–H and O–H groups in total. The van der Waals surface area contributed by atoms with Gasteiger partial charge in [0.05, 0.1) is 13.1 Å². The smallest absolute Gasteiger partial charge is 0.239 e. The number of benzene rings is 1. The molecule has 0 saturated carbocycles. The molecule has 1 aromatic carbocycles. The van der Waals surface area contributed by atoms with Crippen molar-refractivity contribution in [3.05, 3.63) is 41.3 Å². The molecule has 0 aromatic heterocycles. The maximum absolute atomic E-state index is 12.1. The normalized spacial score (nSPS) is 12.4. The van der Waals surface area contributed by atoms with Crippen molar-refractivity contribution in [1.29, 1.82) is 0 Å².